The van der Waals surface area contributed by atoms with E-state index in [0.29, 0.717) is 11.8 Å². The molecule has 3 heteroatoms. The first-order valence-electron chi connectivity index (χ1n) is 6.95. The maximum atomic E-state index is 11.6. The number of carboxylic acid groups (broad SMARTS) is 1. The highest BCUT2D eigenvalue weighted by Gasteiger charge is 2.61. The molecule has 4 bridgehead atoms. The Morgan fingerprint density at radius 3 is 2.47 bits per heavy atom. The van der Waals surface area contributed by atoms with E-state index in [1.807, 2.05) is 0 Å². The summed E-state index contributed by atoms with van der Waals surface area (Å²) in [5.41, 5.74) is -0.531. The molecule has 17 heavy (non-hydrogen) atoms. The number of rotatable bonds is 4. The van der Waals surface area contributed by atoms with Gasteiger partial charge in [-0.25, -0.2) is 0 Å². The summed E-state index contributed by atoms with van der Waals surface area (Å²) in [7, 11) is 0. The Morgan fingerprint density at radius 2 is 1.94 bits per heavy atom. The van der Waals surface area contributed by atoms with E-state index in [4.69, 9.17) is 4.74 Å². The molecule has 2 unspecified atom stereocenters. The summed E-state index contributed by atoms with van der Waals surface area (Å²) < 4.78 is 6.10. The second-order valence-electron chi connectivity index (χ2n) is 6.58. The molecule has 4 fully saturated rings. The Labute approximate surface area is 103 Å². The molecule has 4 aliphatic rings. The van der Waals surface area contributed by atoms with Crippen LogP contribution in [0.4, 0.5) is 0 Å². The Balaban J connectivity index is 1.86. The van der Waals surface area contributed by atoms with Crippen LogP contribution in [0.25, 0.3) is 0 Å². The number of ether oxygens (including phenoxy) is 1. The van der Waals surface area contributed by atoms with Gasteiger partial charge in [0, 0.05) is 6.61 Å². The lowest BCUT2D eigenvalue weighted by Crippen LogP contribution is -2.59. The maximum Gasteiger partial charge on any atom is 0.309 e. The van der Waals surface area contributed by atoms with Crippen molar-refractivity contribution < 1.29 is 14.6 Å². The van der Waals surface area contributed by atoms with Crippen molar-refractivity contribution in [2.24, 2.45) is 17.3 Å². The highest BCUT2D eigenvalue weighted by atomic mass is 16.5. The third-order valence-electron chi connectivity index (χ3n) is 5.07. The molecule has 0 saturated heterocycles. The van der Waals surface area contributed by atoms with Crippen LogP contribution in [0, 0.1) is 17.3 Å². The SMILES string of the molecule is CCCOC12CC3CC(C1)CC(C(=O)O)(C3)C2. The van der Waals surface area contributed by atoms with Crippen LogP contribution in [-0.2, 0) is 9.53 Å². The Bertz CT molecular complexity index is 322. The Kier molecular flexibility index (Phi) is 2.51. The molecule has 0 aromatic heterocycles. The fraction of sp³-hybridized carbons (Fsp3) is 0.929. The van der Waals surface area contributed by atoms with Gasteiger partial charge in [-0.05, 0) is 56.8 Å². The van der Waals surface area contributed by atoms with Crippen molar-refractivity contribution in [1.29, 1.82) is 0 Å². The van der Waals surface area contributed by atoms with E-state index in [2.05, 4.69) is 6.92 Å². The normalized spacial score (nSPS) is 47.4. The van der Waals surface area contributed by atoms with Gasteiger partial charge in [-0.2, -0.15) is 0 Å². The lowest BCUT2D eigenvalue weighted by Gasteiger charge is -2.60. The highest BCUT2D eigenvalue weighted by Crippen LogP contribution is 2.62. The van der Waals surface area contributed by atoms with Gasteiger partial charge in [0.15, 0.2) is 0 Å². The van der Waals surface area contributed by atoms with Crippen molar-refractivity contribution >= 4 is 5.97 Å². The summed E-state index contributed by atoms with van der Waals surface area (Å²) in [5, 5.41) is 9.56. The minimum atomic E-state index is -0.573. The minimum absolute atomic E-state index is 0.0848. The summed E-state index contributed by atoms with van der Waals surface area (Å²) in [6, 6.07) is 0. The summed E-state index contributed by atoms with van der Waals surface area (Å²) in [4.78, 5) is 11.6. The van der Waals surface area contributed by atoms with Gasteiger partial charge in [-0.15, -0.1) is 0 Å². The van der Waals surface area contributed by atoms with E-state index >= 15 is 0 Å². The minimum Gasteiger partial charge on any atom is -0.481 e. The smallest absolute Gasteiger partial charge is 0.309 e. The molecule has 0 heterocycles. The van der Waals surface area contributed by atoms with Crippen molar-refractivity contribution in [3.05, 3.63) is 0 Å². The molecule has 0 aromatic carbocycles. The highest BCUT2D eigenvalue weighted by molar-refractivity contribution is 5.75. The standard InChI is InChI=1S/C14H22O3/c1-2-3-17-14-7-10-4-11(8-14)6-13(5-10,9-14)12(15)16/h10-11H,2-9H2,1H3,(H,15,16). The second-order valence-corrected chi connectivity index (χ2v) is 6.58. The molecule has 0 spiro atoms. The van der Waals surface area contributed by atoms with E-state index < -0.39 is 11.4 Å². The first kappa shape index (κ1) is 11.5. The predicted molar refractivity (Wildman–Crippen MR) is 63.7 cm³/mol. The first-order chi connectivity index (χ1) is 8.07. The molecule has 1 N–H and O–H groups in total. The molecule has 0 radical (unpaired) electrons. The molecular weight excluding hydrogens is 216 g/mol. The average Bonchev–Trinajstić information content (AvgIpc) is 2.24. The van der Waals surface area contributed by atoms with Crippen molar-refractivity contribution in [3.8, 4) is 0 Å². The van der Waals surface area contributed by atoms with Crippen LogP contribution in [0.1, 0.15) is 51.9 Å². The third-order valence-corrected chi connectivity index (χ3v) is 5.07. The summed E-state index contributed by atoms with van der Waals surface area (Å²) in [6.45, 7) is 2.91. The van der Waals surface area contributed by atoms with Crippen molar-refractivity contribution in [1.82, 2.24) is 0 Å². The molecule has 0 amide bonds. The van der Waals surface area contributed by atoms with Crippen LogP contribution in [0.15, 0.2) is 0 Å². The monoisotopic (exact) mass is 238 g/mol. The van der Waals surface area contributed by atoms with Gasteiger partial charge in [-0.3, -0.25) is 4.79 Å². The summed E-state index contributed by atoms with van der Waals surface area (Å²) in [5.74, 6) is 0.629. The topological polar surface area (TPSA) is 46.5 Å². The van der Waals surface area contributed by atoms with Gasteiger partial charge in [0.05, 0.1) is 11.0 Å². The number of hydrogen-bond donors (Lipinski definition) is 1. The van der Waals surface area contributed by atoms with Gasteiger partial charge in [0.25, 0.3) is 0 Å². The first-order valence-corrected chi connectivity index (χ1v) is 6.95. The maximum absolute atomic E-state index is 11.6. The number of carbonyl (C=O) groups is 1. The molecule has 2 atom stereocenters. The number of carboxylic acids is 1. The largest absolute Gasteiger partial charge is 0.481 e. The molecule has 0 aromatic rings. The van der Waals surface area contributed by atoms with Crippen LogP contribution in [0.5, 0.6) is 0 Å². The molecule has 4 aliphatic carbocycles. The van der Waals surface area contributed by atoms with Crippen LogP contribution in [0.2, 0.25) is 0 Å². The zero-order valence-electron chi connectivity index (χ0n) is 10.6. The fourth-order valence-electron chi connectivity index (χ4n) is 4.92. The zero-order valence-corrected chi connectivity index (χ0v) is 10.6. The van der Waals surface area contributed by atoms with Gasteiger partial charge in [-0.1, -0.05) is 6.92 Å². The van der Waals surface area contributed by atoms with E-state index in [9.17, 15) is 9.90 Å². The average molecular weight is 238 g/mol. The van der Waals surface area contributed by atoms with E-state index in [1.54, 1.807) is 0 Å². The molecule has 96 valence electrons. The molecular formula is C14H22O3. The molecule has 0 aliphatic heterocycles. The Morgan fingerprint density at radius 1 is 1.29 bits per heavy atom. The quantitative estimate of drug-likeness (QED) is 0.819. The summed E-state index contributed by atoms with van der Waals surface area (Å²) in [6.07, 6.45) is 7.05. The number of hydrogen-bond acceptors (Lipinski definition) is 2. The van der Waals surface area contributed by atoms with Gasteiger partial charge < -0.3 is 9.84 Å². The summed E-state index contributed by atoms with van der Waals surface area (Å²) >= 11 is 0. The van der Waals surface area contributed by atoms with Gasteiger partial charge >= 0.3 is 5.97 Å². The molecule has 4 rings (SSSR count). The second kappa shape index (κ2) is 3.71. The third kappa shape index (κ3) is 1.70. The molecule has 4 saturated carbocycles. The lowest BCUT2D eigenvalue weighted by molar-refractivity contribution is -0.206. The van der Waals surface area contributed by atoms with E-state index in [-0.39, 0.29) is 5.60 Å². The Hall–Kier alpha value is -0.570. The van der Waals surface area contributed by atoms with E-state index in [0.717, 1.165) is 45.1 Å². The van der Waals surface area contributed by atoms with Crippen LogP contribution in [-0.4, -0.2) is 23.3 Å². The van der Waals surface area contributed by atoms with Crippen LogP contribution < -0.4 is 0 Å². The zero-order chi connectivity index (χ0) is 12.1. The van der Waals surface area contributed by atoms with Crippen molar-refractivity contribution in [2.45, 2.75) is 57.5 Å². The number of aliphatic carboxylic acids is 1. The van der Waals surface area contributed by atoms with Crippen molar-refractivity contribution in [3.63, 3.8) is 0 Å². The van der Waals surface area contributed by atoms with Gasteiger partial charge in [0.2, 0.25) is 0 Å². The molecule has 3 nitrogen and oxygen atoms in total. The van der Waals surface area contributed by atoms with Gasteiger partial charge in [0.1, 0.15) is 0 Å². The fourth-order valence-corrected chi connectivity index (χ4v) is 4.92. The lowest BCUT2D eigenvalue weighted by atomic mass is 9.48. The van der Waals surface area contributed by atoms with Crippen LogP contribution in [0.3, 0.4) is 0 Å². The van der Waals surface area contributed by atoms with Crippen molar-refractivity contribution in [2.75, 3.05) is 6.61 Å². The van der Waals surface area contributed by atoms with E-state index in [1.165, 1.54) is 6.42 Å². The van der Waals surface area contributed by atoms with Crippen LogP contribution >= 0.6 is 0 Å². The predicted octanol–water partition coefficient (Wildman–Crippen LogP) is 2.84.